The Hall–Kier alpha value is -1.55. The van der Waals surface area contributed by atoms with E-state index in [1.807, 2.05) is 37.3 Å². The van der Waals surface area contributed by atoms with Crippen LogP contribution in [-0.4, -0.2) is 26.0 Å². The van der Waals surface area contributed by atoms with Crippen LogP contribution in [0.2, 0.25) is 0 Å². The Balaban J connectivity index is 2.11. The molecule has 0 N–H and O–H groups in total. The molecule has 4 nitrogen and oxygen atoms in total. The molecule has 1 aromatic rings. The zero-order valence-electron chi connectivity index (χ0n) is 9.35. The molecule has 0 aliphatic heterocycles. The van der Waals surface area contributed by atoms with Crippen molar-refractivity contribution in [3.8, 4) is 0 Å². The highest BCUT2D eigenvalue weighted by Gasteiger charge is 2.03. The van der Waals surface area contributed by atoms with Gasteiger partial charge in [0.05, 0.1) is 6.61 Å². The summed E-state index contributed by atoms with van der Waals surface area (Å²) in [7, 11) is 0. The van der Waals surface area contributed by atoms with E-state index in [0.29, 0.717) is 13.2 Å². The third-order valence-electron chi connectivity index (χ3n) is 1.85. The molecule has 0 fully saturated rings. The molecule has 0 aromatic heterocycles. The molecule has 0 aliphatic carbocycles. The van der Waals surface area contributed by atoms with E-state index < -0.39 is 6.16 Å². The van der Waals surface area contributed by atoms with Gasteiger partial charge in [-0.15, -0.1) is 0 Å². The zero-order valence-corrected chi connectivity index (χ0v) is 9.35. The van der Waals surface area contributed by atoms with Crippen LogP contribution in [0.5, 0.6) is 0 Å². The summed E-state index contributed by atoms with van der Waals surface area (Å²) in [6.45, 7) is 3.35. The molecular formula is C12H16O4. The van der Waals surface area contributed by atoms with Crippen molar-refractivity contribution in [3.05, 3.63) is 35.9 Å². The maximum absolute atomic E-state index is 11.1. The van der Waals surface area contributed by atoms with Crippen LogP contribution >= 0.6 is 0 Å². The van der Waals surface area contributed by atoms with Gasteiger partial charge in [0.2, 0.25) is 0 Å². The fourth-order valence-corrected chi connectivity index (χ4v) is 1.09. The number of ether oxygens (including phenoxy) is 3. The monoisotopic (exact) mass is 224 g/mol. The fourth-order valence-electron chi connectivity index (χ4n) is 1.09. The minimum atomic E-state index is -0.663. The smallest absolute Gasteiger partial charge is 0.432 e. The maximum Gasteiger partial charge on any atom is 0.508 e. The molecule has 0 atom stereocenters. The van der Waals surface area contributed by atoms with E-state index in [1.54, 1.807) is 0 Å². The summed E-state index contributed by atoms with van der Waals surface area (Å²) >= 11 is 0. The van der Waals surface area contributed by atoms with Crippen molar-refractivity contribution >= 4 is 6.16 Å². The van der Waals surface area contributed by atoms with Crippen molar-refractivity contribution in [2.45, 2.75) is 13.5 Å². The molecule has 0 saturated heterocycles. The van der Waals surface area contributed by atoms with Gasteiger partial charge in [-0.25, -0.2) is 4.79 Å². The lowest BCUT2D eigenvalue weighted by molar-refractivity contribution is 0.0256. The van der Waals surface area contributed by atoms with Crippen molar-refractivity contribution in [3.63, 3.8) is 0 Å². The molecule has 0 unspecified atom stereocenters. The third-order valence-corrected chi connectivity index (χ3v) is 1.85. The van der Waals surface area contributed by atoms with Crippen LogP contribution in [0.15, 0.2) is 30.3 Å². The summed E-state index contributed by atoms with van der Waals surface area (Å²) in [6.07, 6.45) is -0.663. The Bertz CT molecular complexity index is 297. The van der Waals surface area contributed by atoms with Crippen molar-refractivity contribution in [2.24, 2.45) is 0 Å². The molecule has 0 heterocycles. The second kappa shape index (κ2) is 7.70. The summed E-state index contributed by atoms with van der Waals surface area (Å²) in [5.74, 6) is 0. The van der Waals surface area contributed by atoms with Crippen LogP contribution in [0.4, 0.5) is 4.79 Å². The average molecular weight is 224 g/mol. The fraction of sp³-hybridized carbons (Fsp3) is 0.417. The predicted molar refractivity (Wildman–Crippen MR) is 59.1 cm³/mol. The zero-order chi connectivity index (χ0) is 11.6. The molecule has 0 radical (unpaired) electrons. The van der Waals surface area contributed by atoms with E-state index in [-0.39, 0.29) is 13.2 Å². The van der Waals surface area contributed by atoms with Gasteiger partial charge in [-0.2, -0.15) is 0 Å². The van der Waals surface area contributed by atoms with Crippen LogP contribution in [-0.2, 0) is 20.8 Å². The third kappa shape index (κ3) is 5.36. The van der Waals surface area contributed by atoms with E-state index >= 15 is 0 Å². The first kappa shape index (κ1) is 12.5. The van der Waals surface area contributed by atoms with Crippen LogP contribution in [0.1, 0.15) is 12.5 Å². The predicted octanol–water partition coefficient (Wildman–Crippen LogP) is 2.38. The number of benzene rings is 1. The Morgan fingerprint density at radius 1 is 1.12 bits per heavy atom. The summed E-state index contributed by atoms with van der Waals surface area (Å²) in [5.41, 5.74) is 0.934. The molecule has 0 amide bonds. The first-order valence-corrected chi connectivity index (χ1v) is 5.24. The van der Waals surface area contributed by atoms with E-state index in [2.05, 4.69) is 0 Å². The molecule has 0 spiro atoms. The maximum atomic E-state index is 11.1. The molecule has 88 valence electrons. The lowest BCUT2D eigenvalue weighted by atomic mass is 10.2. The van der Waals surface area contributed by atoms with Crippen molar-refractivity contribution < 1.29 is 19.0 Å². The summed E-state index contributed by atoms with van der Waals surface area (Å²) < 4.78 is 14.7. The first-order valence-electron chi connectivity index (χ1n) is 5.24. The number of carbonyl (C=O) groups excluding carboxylic acids is 1. The standard InChI is InChI=1S/C12H16O4/c1-2-14-8-9-15-12(13)16-10-11-6-4-3-5-7-11/h3-7H,2,8-10H2,1H3. The number of hydrogen-bond acceptors (Lipinski definition) is 4. The number of carbonyl (C=O) groups is 1. The quantitative estimate of drug-likeness (QED) is 0.549. The van der Waals surface area contributed by atoms with Crippen LogP contribution in [0, 0.1) is 0 Å². The minimum Gasteiger partial charge on any atom is -0.432 e. The van der Waals surface area contributed by atoms with E-state index in [0.717, 1.165) is 5.56 Å². The molecule has 0 aliphatic rings. The molecule has 1 aromatic carbocycles. The molecule has 0 bridgehead atoms. The van der Waals surface area contributed by atoms with Gasteiger partial charge in [-0.05, 0) is 12.5 Å². The highest BCUT2D eigenvalue weighted by molar-refractivity contribution is 5.59. The van der Waals surface area contributed by atoms with Crippen molar-refractivity contribution in [1.82, 2.24) is 0 Å². The van der Waals surface area contributed by atoms with Gasteiger partial charge < -0.3 is 14.2 Å². The van der Waals surface area contributed by atoms with Gasteiger partial charge >= 0.3 is 6.16 Å². The molecule has 0 saturated carbocycles. The van der Waals surface area contributed by atoms with E-state index in [9.17, 15) is 4.79 Å². The second-order valence-electron chi connectivity index (χ2n) is 3.07. The lowest BCUT2D eigenvalue weighted by Gasteiger charge is -2.06. The van der Waals surface area contributed by atoms with Gasteiger partial charge in [0.15, 0.2) is 0 Å². The number of rotatable bonds is 6. The van der Waals surface area contributed by atoms with Crippen molar-refractivity contribution in [2.75, 3.05) is 19.8 Å². The summed E-state index contributed by atoms with van der Waals surface area (Å²) in [6, 6.07) is 9.45. The van der Waals surface area contributed by atoms with Crippen LogP contribution < -0.4 is 0 Å². The summed E-state index contributed by atoms with van der Waals surface area (Å²) in [5, 5.41) is 0. The minimum absolute atomic E-state index is 0.224. The van der Waals surface area contributed by atoms with Crippen molar-refractivity contribution in [1.29, 1.82) is 0 Å². The topological polar surface area (TPSA) is 44.8 Å². The largest absolute Gasteiger partial charge is 0.508 e. The van der Waals surface area contributed by atoms with Gasteiger partial charge in [0, 0.05) is 6.61 Å². The number of hydrogen-bond donors (Lipinski definition) is 0. The van der Waals surface area contributed by atoms with Gasteiger partial charge in [0.25, 0.3) is 0 Å². The van der Waals surface area contributed by atoms with E-state index in [1.165, 1.54) is 0 Å². The molecule has 16 heavy (non-hydrogen) atoms. The van der Waals surface area contributed by atoms with Gasteiger partial charge in [-0.3, -0.25) is 0 Å². The highest BCUT2D eigenvalue weighted by atomic mass is 16.7. The van der Waals surface area contributed by atoms with Gasteiger partial charge in [-0.1, -0.05) is 30.3 Å². The molecular weight excluding hydrogens is 208 g/mol. The Morgan fingerprint density at radius 2 is 1.88 bits per heavy atom. The van der Waals surface area contributed by atoms with Crippen LogP contribution in [0.25, 0.3) is 0 Å². The lowest BCUT2D eigenvalue weighted by Crippen LogP contribution is -2.12. The van der Waals surface area contributed by atoms with Crippen LogP contribution in [0.3, 0.4) is 0 Å². The average Bonchev–Trinajstić information content (AvgIpc) is 2.33. The Kier molecular flexibility index (Phi) is 6.03. The van der Waals surface area contributed by atoms with E-state index in [4.69, 9.17) is 14.2 Å². The molecule has 1 rings (SSSR count). The van der Waals surface area contributed by atoms with Gasteiger partial charge in [0.1, 0.15) is 13.2 Å². The first-order chi connectivity index (χ1) is 7.83. The summed E-state index contributed by atoms with van der Waals surface area (Å²) in [4.78, 5) is 11.1. The highest BCUT2D eigenvalue weighted by Crippen LogP contribution is 2.01. The Morgan fingerprint density at radius 3 is 2.56 bits per heavy atom. The SMILES string of the molecule is CCOCCOC(=O)OCc1ccccc1. The Labute approximate surface area is 95.1 Å². The normalized spacial score (nSPS) is 9.81. The second-order valence-corrected chi connectivity index (χ2v) is 3.07. The molecule has 4 heteroatoms.